The van der Waals surface area contributed by atoms with E-state index in [2.05, 4.69) is 15.1 Å². The summed E-state index contributed by atoms with van der Waals surface area (Å²) in [6.45, 7) is 2.10. The van der Waals surface area contributed by atoms with Gasteiger partial charge in [-0.05, 0) is 12.8 Å². The number of hydrogen-bond acceptors (Lipinski definition) is 5. The van der Waals surface area contributed by atoms with Crippen LogP contribution in [-0.2, 0) is 4.79 Å². The van der Waals surface area contributed by atoms with Gasteiger partial charge in [0.25, 0.3) is 0 Å². The molecule has 0 aromatic heterocycles. The van der Waals surface area contributed by atoms with E-state index in [1.165, 1.54) is 25.7 Å². The number of amidine groups is 1. The van der Waals surface area contributed by atoms with Crippen LogP contribution in [0.3, 0.4) is 0 Å². The van der Waals surface area contributed by atoms with E-state index in [1.54, 1.807) is 11.8 Å². The Morgan fingerprint density at radius 2 is 1.94 bits per heavy atom. The summed E-state index contributed by atoms with van der Waals surface area (Å²) in [6, 6.07) is 0. The predicted molar refractivity (Wildman–Crippen MR) is 69.6 cm³/mol. The van der Waals surface area contributed by atoms with Crippen molar-refractivity contribution >= 4 is 28.6 Å². The fraction of sp³-hybridized carbons (Fsp3) is 0.727. The van der Waals surface area contributed by atoms with E-state index in [1.807, 2.05) is 0 Å². The van der Waals surface area contributed by atoms with E-state index in [9.17, 15) is 4.79 Å². The number of thioether (sulfide) groups is 1. The fourth-order valence-electron chi connectivity index (χ4n) is 2.00. The van der Waals surface area contributed by atoms with Crippen LogP contribution in [0.2, 0.25) is 0 Å². The Morgan fingerprint density at radius 1 is 1.24 bits per heavy atom. The summed E-state index contributed by atoms with van der Waals surface area (Å²) in [5.74, 6) is -0.181. The van der Waals surface area contributed by atoms with Crippen LogP contribution < -0.4 is 0 Å². The summed E-state index contributed by atoms with van der Waals surface area (Å²) in [7, 11) is 0. The van der Waals surface area contributed by atoms with Crippen molar-refractivity contribution in [3.63, 3.8) is 0 Å². The van der Waals surface area contributed by atoms with Gasteiger partial charge >= 0.3 is 5.97 Å². The first kappa shape index (κ1) is 12.4. The van der Waals surface area contributed by atoms with Crippen molar-refractivity contribution in [2.45, 2.75) is 32.1 Å². The second-order valence-electron chi connectivity index (χ2n) is 4.31. The normalized spacial score (nSPS) is 21.5. The van der Waals surface area contributed by atoms with Gasteiger partial charge in [-0.25, -0.2) is 0 Å². The van der Waals surface area contributed by atoms with Gasteiger partial charge in [-0.3, -0.25) is 4.79 Å². The summed E-state index contributed by atoms with van der Waals surface area (Å²) < 4.78 is 0. The van der Waals surface area contributed by atoms with Crippen LogP contribution in [0.4, 0.5) is 0 Å². The van der Waals surface area contributed by atoms with E-state index in [4.69, 9.17) is 5.11 Å². The molecule has 0 atom stereocenters. The standard InChI is InChI=1S/C11H17N3O2S/c15-10(16)7-9-8-17-11(13-12-9)14-5-3-1-2-4-6-14/h1-8H2,(H,15,16). The molecule has 0 aromatic carbocycles. The van der Waals surface area contributed by atoms with Crippen molar-refractivity contribution in [3.8, 4) is 0 Å². The molecule has 2 aliphatic rings. The van der Waals surface area contributed by atoms with Crippen molar-refractivity contribution < 1.29 is 9.90 Å². The maximum Gasteiger partial charge on any atom is 0.309 e. The zero-order chi connectivity index (χ0) is 12.1. The predicted octanol–water partition coefficient (Wildman–Crippen LogP) is 1.80. The maximum absolute atomic E-state index is 10.5. The zero-order valence-electron chi connectivity index (χ0n) is 9.76. The lowest BCUT2D eigenvalue weighted by molar-refractivity contribution is -0.135. The molecule has 0 unspecified atom stereocenters. The number of likely N-dealkylation sites (tertiary alicyclic amines) is 1. The van der Waals surface area contributed by atoms with Gasteiger partial charge in [-0.2, -0.15) is 5.10 Å². The van der Waals surface area contributed by atoms with Crippen molar-refractivity contribution in [1.82, 2.24) is 4.90 Å². The molecule has 0 aromatic rings. The number of carbonyl (C=O) groups is 1. The Balaban J connectivity index is 1.96. The number of nitrogens with zero attached hydrogens (tertiary/aromatic N) is 3. The molecular weight excluding hydrogens is 238 g/mol. The minimum atomic E-state index is -0.835. The molecule has 6 heteroatoms. The van der Waals surface area contributed by atoms with Gasteiger partial charge in [0, 0.05) is 18.8 Å². The van der Waals surface area contributed by atoms with E-state index in [0.29, 0.717) is 11.5 Å². The third-order valence-electron chi connectivity index (χ3n) is 2.88. The summed E-state index contributed by atoms with van der Waals surface area (Å²) in [6.07, 6.45) is 5.02. The summed E-state index contributed by atoms with van der Waals surface area (Å²) >= 11 is 1.61. The third kappa shape index (κ3) is 3.73. The molecule has 2 aliphatic heterocycles. The van der Waals surface area contributed by atoms with Gasteiger partial charge in [-0.1, -0.05) is 24.6 Å². The average molecular weight is 255 g/mol. The van der Waals surface area contributed by atoms with E-state index >= 15 is 0 Å². The lowest BCUT2D eigenvalue weighted by Gasteiger charge is -2.24. The first-order valence-corrected chi connectivity index (χ1v) is 6.97. The van der Waals surface area contributed by atoms with Crippen molar-refractivity contribution in [3.05, 3.63) is 0 Å². The second kappa shape index (κ2) is 6.05. The zero-order valence-corrected chi connectivity index (χ0v) is 10.6. The van der Waals surface area contributed by atoms with Crippen molar-refractivity contribution in [2.24, 2.45) is 10.2 Å². The van der Waals surface area contributed by atoms with Gasteiger partial charge in [0.15, 0.2) is 5.17 Å². The molecule has 0 saturated carbocycles. The lowest BCUT2D eigenvalue weighted by atomic mass is 10.2. The topological polar surface area (TPSA) is 65.3 Å². The number of aliphatic carboxylic acids is 1. The van der Waals surface area contributed by atoms with Gasteiger partial charge in [0.1, 0.15) is 0 Å². The minimum absolute atomic E-state index is 0.00375. The molecule has 0 spiro atoms. The number of hydrogen-bond donors (Lipinski definition) is 1. The Hall–Kier alpha value is -1.04. The monoisotopic (exact) mass is 255 g/mol. The Kier molecular flexibility index (Phi) is 4.42. The Morgan fingerprint density at radius 3 is 2.47 bits per heavy atom. The number of carboxylic acids is 1. The number of carboxylic acid groups (broad SMARTS) is 1. The highest BCUT2D eigenvalue weighted by Gasteiger charge is 2.19. The third-order valence-corrected chi connectivity index (χ3v) is 3.95. The highest BCUT2D eigenvalue weighted by Crippen LogP contribution is 2.19. The fourth-order valence-corrected chi connectivity index (χ4v) is 2.92. The molecule has 0 amide bonds. The van der Waals surface area contributed by atoms with Crippen LogP contribution in [0.25, 0.3) is 0 Å². The summed E-state index contributed by atoms with van der Waals surface area (Å²) in [4.78, 5) is 12.8. The summed E-state index contributed by atoms with van der Waals surface area (Å²) in [5.41, 5.74) is 0.654. The molecule has 0 aliphatic carbocycles. The van der Waals surface area contributed by atoms with Crippen LogP contribution in [0, 0.1) is 0 Å². The van der Waals surface area contributed by atoms with Crippen molar-refractivity contribution in [1.29, 1.82) is 0 Å². The smallest absolute Gasteiger partial charge is 0.309 e. The van der Waals surface area contributed by atoms with Gasteiger partial charge < -0.3 is 10.0 Å². The second-order valence-corrected chi connectivity index (χ2v) is 5.25. The van der Waals surface area contributed by atoms with E-state index < -0.39 is 5.97 Å². The molecule has 94 valence electrons. The van der Waals surface area contributed by atoms with Gasteiger partial charge in [-0.15, -0.1) is 5.10 Å². The SMILES string of the molecule is O=C(O)CC1=NN=C(N2CCCCCC2)SC1. The summed E-state index contributed by atoms with van der Waals surface area (Å²) in [5, 5.41) is 17.8. The molecule has 2 heterocycles. The Labute approximate surface area is 105 Å². The molecule has 1 N–H and O–H groups in total. The van der Waals surface area contributed by atoms with Crippen LogP contribution in [0.5, 0.6) is 0 Å². The molecular formula is C11H17N3O2S. The number of rotatable bonds is 2. The average Bonchev–Trinajstić information content (AvgIpc) is 2.58. The van der Waals surface area contributed by atoms with Crippen LogP contribution in [-0.4, -0.2) is 45.7 Å². The van der Waals surface area contributed by atoms with E-state index in [-0.39, 0.29) is 6.42 Å². The highest BCUT2D eigenvalue weighted by atomic mass is 32.2. The van der Waals surface area contributed by atoms with Gasteiger partial charge in [0.2, 0.25) is 0 Å². The first-order chi connectivity index (χ1) is 8.25. The highest BCUT2D eigenvalue weighted by molar-refractivity contribution is 8.14. The lowest BCUT2D eigenvalue weighted by Crippen LogP contribution is -2.31. The van der Waals surface area contributed by atoms with Crippen molar-refractivity contribution in [2.75, 3.05) is 18.8 Å². The molecule has 0 bridgehead atoms. The van der Waals surface area contributed by atoms with Crippen LogP contribution in [0.1, 0.15) is 32.1 Å². The van der Waals surface area contributed by atoms with Gasteiger partial charge in [0.05, 0.1) is 12.1 Å². The van der Waals surface area contributed by atoms with Crippen LogP contribution in [0.15, 0.2) is 10.2 Å². The van der Waals surface area contributed by atoms with E-state index in [0.717, 1.165) is 18.3 Å². The largest absolute Gasteiger partial charge is 0.481 e. The molecule has 1 fully saturated rings. The molecule has 17 heavy (non-hydrogen) atoms. The molecule has 2 rings (SSSR count). The first-order valence-electron chi connectivity index (χ1n) is 5.98. The Bertz CT molecular complexity index is 347. The minimum Gasteiger partial charge on any atom is -0.481 e. The quantitative estimate of drug-likeness (QED) is 0.817. The van der Waals surface area contributed by atoms with Crippen LogP contribution >= 0.6 is 11.8 Å². The molecule has 0 radical (unpaired) electrons. The molecule has 5 nitrogen and oxygen atoms in total. The molecule has 1 saturated heterocycles. The maximum atomic E-state index is 10.5.